The molecule has 21 heavy (non-hydrogen) atoms. The number of thiophene rings is 1. The van der Waals surface area contributed by atoms with Crippen molar-refractivity contribution in [2.24, 2.45) is 5.92 Å². The van der Waals surface area contributed by atoms with Gasteiger partial charge in [0.05, 0.1) is 5.57 Å². The second-order valence-corrected chi connectivity index (χ2v) is 6.67. The molecule has 2 amide bonds. The third kappa shape index (κ3) is 2.39. The van der Waals surface area contributed by atoms with E-state index in [0.29, 0.717) is 23.7 Å². The zero-order chi connectivity index (χ0) is 15.0. The van der Waals surface area contributed by atoms with Gasteiger partial charge in [-0.25, -0.2) is 0 Å². The van der Waals surface area contributed by atoms with Gasteiger partial charge in [-0.2, -0.15) is 0 Å². The summed E-state index contributed by atoms with van der Waals surface area (Å²) in [5.41, 5.74) is 1.22. The molecular formula is C16H20N2O2S. The first kappa shape index (κ1) is 14.3. The summed E-state index contributed by atoms with van der Waals surface area (Å²) in [7, 11) is 0. The van der Waals surface area contributed by atoms with Crippen LogP contribution in [0.2, 0.25) is 0 Å². The highest BCUT2D eigenvalue weighted by Gasteiger charge is 2.41. The van der Waals surface area contributed by atoms with E-state index < -0.39 is 0 Å². The van der Waals surface area contributed by atoms with E-state index in [9.17, 15) is 9.59 Å². The van der Waals surface area contributed by atoms with E-state index in [4.69, 9.17) is 0 Å². The molecule has 0 atom stereocenters. The highest BCUT2D eigenvalue weighted by Crippen LogP contribution is 2.35. The lowest BCUT2D eigenvalue weighted by Gasteiger charge is -2.32. The molecule has 0 aliphatic carbocycles. The summed E-state index contributed by atoms with van der Waals surface area (Å²) < 4.78 is 0. The highest BCUT2D eigenvalue weighted by atomic mass is 32.1. The number of rotatable bonds is 3. The van der Waals surface area contributed by atoms with Gasteiger partial charge in [-0.3, -0.25) is 14.5 Å². The van der Waals surface area contributed by atoms with Crippen LogP contribution >= 0.6 is 11.3 Å². The van der Waals surface area contributed by atoms with Crippen molar-refractivity contribution < 1.29 is 9.59 Å². The fraction of sp³-hybridized carbons (Fsp3) is 0.500. The Balaban J connectivity index is 2.02. The van der Waals surface area contributed by atoms with Crippen molar-refractivity contribution in [2.75, 3.05) is 19.6 Å². The Kier molecular flexibility index (Phi) is 3.85. The number of imide groups is 1. The fourth-order valence-electron chi connectivity index (χ4n) is 3.02. The SMILES string of the molecule is CCN1C(=O)C(c2cccs2)=C(N2CCC(C)CC2)C1=O. The smallest absolute Gasteiger partial charge is 0.277 e. The van der Waals surface area contributed by atoms with E-state index in [0.717, 1.165) is 30.8 Å². The molecule has 5 heteroatoms. The second-order valence-electron chi connectivity index (χ2n) is 5.73. The number of carbonyl (C=O) groups excluding carboxylic acids is 2. The third-order valence-corrected chi connectivity index (χ3v) is 5.21. The van der Waals surface area contributed by atoms with Crippen LogP contribution in [0.15, 0.2) is 23.2 Å². The minimum atomic E-state index is -0.140. The van der Waals surface area contributed by atoms with Gasteiger partial charge in [0.1, 0.15) is 5.70 Å². The molecular weight excluding hydrogens is 284 g/mol. The van der Waals surface area contributed by atoms with Gasteiger partial charge in [-0.1, -0.05) is 13.0 Å². The summed E-state index contributed by atoms with van der Waals surface area (Å²) in [6.07, 6.45) is 2.16. The minimum Gasteiger partial charge on any atom is -0.366 e. The van der Waals surface area contributed by atoms with Crippen LogP contribution in [0.1, 0.15) is 31.6 Å². The molecule has 0 bridgehead atoms. The average molecular weight is 304 g/mol. The molecule has 0 spiro atoms. The van der Waals surface area contributed by atoms with Gasteiger partial charge < -0.3 is 4.90 Å². The molecule has 0 radical (unpaired) electrons. The first-order valence-electron chi connectivity index (χ1n) is 7.52. The average Bonchev–Trinajstić information content (AvgIpc) is 3.07. The number of likely N-dealkylation sites (N-methyl/N-ethyl adjacent to an activating group) is 1. The van der Waals surface area contributed by atoms with Crippen LogP contribution in [0.5, 0.6) is 0 Å². The van der Waals surface area contributed by atoms with E-state index in [1.54, 1.807) is 0 Å². The van der Waals surface area contributed by atoms with Crippen LogP contribution in [0.4, 0.5) is 0 Å². The van der Waals surface area contributed by atoms with Crippen LogP contribution in [-0.2, 0) is 9.59 Å². The van der Waals surface area contributed by atoms with Crippen molar-refractivity contribution in [1.29, 1.82) is 0 Å². The predicted octanol–water partition coefficient (Wildman–Crippen LogP) is 2.58. The van der Waals surface area contributed by atoms with Crippen LogP contribution in [0.25, 0.3) is 5.57 Å². The molecule has 0 saturated carbocycles. The predicted molar refractivity (Wildman–Crippen MR) is 83.6 cm³/mol. The number of hydrogen-bond donors (Lipinski definition) is 0. The van der Waals surface area contributed by atoms with E-state index in [2.05, 4.69) is 11.8 Å². The normalized spacial score (nSPS) is 20.9. The summed E-state index contributed by atoms with van der Waals surface area (Å²) in [5.74, 6) is 0.431. The maximum absolute atomic E-state index is 12.6. The van der Waals surface area contributed by atoms with Gasteiger partial charge in [0.15, 0.2) is 0 Å². The zero-order valence-electron chi connectivity index (χ0n) is 12.5. The quantitative estimate of drug-likeness (QED) is 0.806. The fourth-order valence-corrected chi connectivity index (χ4v) is 3.78. The molecule has 0 unspecified atom stereocenters. The summed E-state index contributed by atoms with van der Waals surface area (Å²) in [6.45, 7) is 6.25. The molecule has 1 fully saturated rings. The number of likely N-dealkylation sites (tertiary alicyclic amines) is 1. The molecule has 1 aromatic heterocycles. The summed E-state index contributed by atoms with van der Waals surface area (Å²) in [6, 6.07) is 3.85. The highest BCUT2D eigenvalue weighted by molar-refractivity contribution is 7.11. The van der Waals surface area contributed by atoms with Gasteiger partial charge in [0.2, 0.25) is 0 Å². The van der Waals surface area contributed by atoms with Crippen molar-refractivity contribution in [3.05, 3.63) is 28.1 Å². The van der Waals surface area contributed by atoms with Crippen molar-refractivity contribution in [2.45, 2.75) is 26.7 Å². The maximum atomic E-state index is 12.6. The van der Waals surface area contributed by atoms with Crippen molar-refractivity contribution >= 4 is 28.7 Å². The van der Waals surface area contributed by atoms with Crippen LogP contribution in [0, 0.1) is 5.92 Å². The number of hydrogen-bond acceptors (Lipinski definition) is 4. The van der Waals surface area contributed by atoms with E-state index in [1.165, 1.54) is 16.2 Å². The Labute approximate surface area is 129 Å². The molecule has 4 nitrogen and oxygen atoms in total. The number of piperidine rings is 1. The minimum absolute atomic E-state index is 0.125. The molecule has 3 heterocycles. The third-order valence-electron chi connectivity index (χ3n) is 4.33. The first-order chi connectivity index (χ1) is 10.1. The van der Waals surface area contributed by atoms with Gasteiger partial charge in [0.25, 0.3) is 11.8 Å². The summed E-state index contributed by atoms with van der Waals surface area (Å²) in [4.78, 5) is 29.6. The molecule has 1 aromatic rings. The molecule has 0 N–H and O–H groups in total. The molecule has 2 aliphatic rings. The Hall–Kier alpha value is -1.62. The molecule has 3 rings (SSSR count). The van der Waals surface area contributed by atoms with Gasteiger partial charge in [-0.15, -0.1) is 11.3 Å². The number of nitrogens with zero attached hydrogens (tertiary/aromatic N) is 2. The van der Waals surface area contributed by atoms with Gasteiger partial charge in [0, 0.05) is 24.5 Å². The van der Waals surface area contributed by atoms with E-state index in [1.807, 2.05) is 24.4 Å². The summed E-state index contributed by atoms with van der Waals surface area (Å²) >= 11 is 1.52. The number of amides is 2. The van der Waals surface area contributed by atoms with E-state index >= 15 is 0 Å². The Morgan fingerprint density at radius 1 is 1.24 bits per heavy atom. The summed E-state index contributed by atoms with van der Waals surface area (Å²) in [5, 5.41) is 1.95. The number of carbonyl (C=O) groups is 2. The van der Waals surface area contributed by atoms with Crippen molar-refractivity contribution in [3.8, 4) is 0 Å². The monoisotopic (exact) mass is 304 g/mol. The van der Waals surface area contributed by atoms with Crippen molar-refractivity contribution in [1.82, 2.24) is 9.80 Å². The largest absolute Gasteiger partial charge is 0.366 e. The lowest BCUT2D eigenvalue weighted by molar-refractivity contribution is -0.137. The lowest BCUT2D eigenvalue weighted by atomic mass is 9.98. The standard InChI is InChI=1S/C16H20N2O2S/c1-3-18-15(19)13(12-5-4-10-21-12)14(16(18)20)17-8-6-11(2)7-9-17/h4-5,10-11H,3,6-9H2,1-2H3. The van der Waals surface area contributed by atoms with E-state index in [-0.39, 0.29) is 11.8 Å². The lowest BCUT2D eigenvalue weighted by Crippen LogP contribution is -2.38. The van der Waals surface area contributed by atoms with Crippen LogP contribution in [0.3, 0.4) is 0 Å². The van der Waals surface area contributed by atoms with Crippen LogP contribution in [-0.4, -0.2) is 41.2 Å². The molecule has 112 valence electrons. The Morgan fingerprint density at radius 3 is 2.52 bits per heavy atom. The molecule has 1 saturated heterocycles. The van der Waals surface area contributed by atoms with Crippen molar-refractivity contribution in [3.63, 3.8) is 0 Å². The molecule has 0 aromatic carbocycles. The zero-order valence-corrected chi connectivity index (χ0v) is 13.3. The maximum Gasteiger partial charge on any atom is 0.277 e. The van der Waals surface area contributed by atoms with Crippen LogP contribution < -0.4 is 0 Å². The Bertz CT molecular complexity index is 583. The van der Waals surface area contributed by atoms with Gasteiger partial charge in [-0.05, 0) is 37.1 Å². The molecule has 2 aliphatic heterocycles. The first-order valence-corrected chi connectivity index (χ1v) is 8.40. The second kappa shape index (κ2) is 5.64. The van der Waals surface area contributed by atoms with Gasteiger partial charge >= 0.3 is 0 Å². The Morgan fingerprint density at radius 2 is 1.95 bits per heavy atom. The topological polar surface area (TPSA) is 40.6 Å².